The van der Waals surface area contributed by atoms with Crippen molar-refractivity contribution in [1.82, 2.24) is 4.98 Å². The van der Waals surface area contributed by atoms with Crippen LogP contribution in [0.2, 0.25) is 0 Å². The molecule has 0 aromatic carbocycles. The number of rotatable bonds is 4. The zero-order valence-electron chi connectivity index (χ0n) is 9.90. The number of nitrogens with zero attached hydrogens (tertiary/aromatic N) is 1. The van der Waals surface area contributed by atoms with Crippen LogP contribution in [0.15, 0.2) is 30.1 Å². The van der Waals surface area contributed by atoms with E-state index in [0.717, 1.165) is 11.4 Å². The van der Waals surface area contributed by atoms with E-state index in [9.17, 15) is 0 Å². The van der Waals surface area contributed by atoms with Crippen molar-refractivity contribution in [2.24, 2.45) is 11.7 Å². The summed E-state index contributed by atoms with van der Waals surface area (Å²) >= 11 is 0. The van der Waals surface area contributed by atoms with Gasteiger partial charge in [-0.15, -0.1) is 0 Å². The van der Waals surface area contributed by atoms with Gasteiger partial charge in [-0.25, -0.2) is 4.98 Å². The summed E-state index contributed by atoms with van der Waals surface area (Å²) in [4.78, 5) is 4.31. The zero-order valence-corrected chi connectivity index (χ0v) is 9.90. The summed E-state index contributed by atoms with van der Waals surface area (Å²) in [5, 5.41) is 3.38. The molecular weight excluding hydrogens is 198 g/mol. The average molecular weight is 217 g/mol. The quantitative estimate of drug-likeness (QED) is 0.815. The lowest BCUT2D eigenvalue weighted by atomic mass is 10.1. The molecule has 1 fully saturated rings. The summed E-state index contributed by atoms with van der Waals surface area (Å²) < 4.78 is 0. The normalized spacial score (nSPS) is 18.3. The van der Waals surface area contributed by atoms with Crippen LogP contribution in [0.25, 0.3) is 0 Å². The summed E-state index contributed by atoms with van der Waals surface area (Å²) in [6.07, 6.45) is 6.53. The highest BCUT2D eigenvalue weighted by Gasteiger charge is 2.25. The monoisotopic (exact) mass is 217 g/mol. The van der Waals surface area contributed by atoms with Gasteiger partial charge in [0.25, 0.3) is 0 Å². The molecule has 1 heterocycles. The molecule has 1 aromatic heterocycles. The molecule has 3 N–H and O–H groups in total. The van der Waals surface area contributed by atoms with Gasteiger partial charge in [-0.05, 0) is 50.3 Å². The van der Waals surface area contributed by atoms with Gasteiger partial charge >= 0.3 is 0 Å². The minimum atomic E-state index is 0.0542. The maximum absolute atomic E-state index is 5.85. The fourth-order valence-corrected chi connectivity index (χ4v) is 1.75. The van der Waals surface area contributed by atoms with Crippen LogP contribution < -0.4 is 11.1 Å². The summed E-state index contributed by atoms with van der Waals surface area (Å²) in [6.45, 7) is 4.05. The fourth-order valence-electron chi connectivity index (χ4n) is 1.75. The second-order valence-corrected chi connectivity index (χ2v) is 4.41. The average Bonchev–Trinajstić information content (AvgIpc) is 3.10. The first-order valence-electron chi connectivity index (χ1n) is 5.85. The Morgan fingerprint density at radius 3 is 2.94 bits per heavy atom. The third-order valence-electron chi connectivity index (χ3n) is 2.91. The Labute approximate surface area is 96.8 Å². The van der Waals surface area contributed by atoms with Crippen LogP contribution in [0.5, 0.6) is 0 Å². The SMILES string of the molecule is C/C=C(\Nc1cc(C(C)N)ccn1)C1CC1. The van der Waals surface area contributed by atoms with Crippen molar-refractivity contribution in [2.75, 3.05) is 5.32 Å². The number of allylic oxidation sites excluding steroid dienone is 2. The van der Waals surface area contributed by atoms with Gasteiger partial charge in [0.2, 0.25) is 0 Å². The van der Waals surface area contributed by atoms with E-state index in [4.69, 9.17) is 5.73 Å². The molecule has 0 bridgehead atoms. The lowest BCUT2D eigenvalue weighted by Gasteiger charge is -2.11. The van der Waals surface area contributed by atoms with Crippen LogP contribution in [-0.4, -0.2) is 4.98 Å². The molecule has 1 aliphatic rings. The molecule has 0 radical (unpaired) electrons. The third kappa shape index (κ3) is 2.61. The molecule has 2 rings (SSSR count). The van der Waals surface area contributed by atoms with E-state index in [1.807, 2.05) is 19.1 Å². The van der Waals surface area contributed by atoms with E-state index in [1.165, 1.54) is 18.5 Å². The first kappa shape index (κ1) is 11.1. The van der Waals surface area contributed by atoms with Gasteiger partial charge in [-0.2, -0.15) is 0 Å². The Hall–Kier alpha value is -1.35. The highest BCUT2D eigenvalue weighted by molar-refractivity contribution is 5.45. The van der Waals surface area contributed by atoms with Gasteiger partial charge in [0.1, 0.15) is 5.82 Å². The van der Waals surface area contributed by atoms with Gasteiger partial charge < -0.3 is 11.1 Å². The minimum Gasteiger partial charge on any atom is -0.344 e. The van der Waals surface area contributed by atoms with Crippen molar-refractivity contribution < 1.29 is 0 Å². The first-order valence-corrected chi connectivity index (χ1v) is 5.85. The van der Waals surface area contributed by atoms with Gasteiger partial charge in [-0.1, -0.05) is 6.08 Å². The van der Waals surface area contributed by atoms with Crippen molar-refractivity contribution >= 4 is 5.82 Å². The number of hydrogen-bond acceptors (Lipinski definition) is 3. The molecule has 1 aromatic rings. The van der Waals surface area contributed by atoms with Crippen molar-refractivity contribution in [3.63, 3.8) is 0 Å². The Bertz CT molecular complexity index is 392. The van der Waals surface area contributed by atoms with E-state index in [1.54, 1.807) is 6.20 Å². The predicted molar refractivity (Wildman–Crippen MR) is 66.9 cm³/mol. The van der Waals surface area contributed by atoms with Crippen molar-refractivity contribution in [3.05, 3.63) is 35.7 Å². The number of nitrogens with one attached hydrogen (secondary N) is 1. The van der Waals surface area contributed by atoms with Crippen LogP contribution in [0, 0.1) is 5.92 Å². The van der Waals surface area contributed by atoms with Crippen LogP contribution >= 0.6 is 0 Å². The highest BCUT2D eigenvalue weighted by atomic mass is 15.0. The maximum Gasteiger partial charge on any atom is 0.130 e. The fraction of sp³-hybridized carbons (Fsp3) is 0.462. The van der Waals surface area contributed by atoms with E-state index in [0.29, 0.717) is 5.92 Å². The minimum absolute atomic E-state index is 0.0542. The Balaban J connectivity index is 2.11. The van der Waals surface area contributed by atoms with E-state index < -0.39 is 0 Å². The van der Waals surface area contributed by atoms with Crippen LogP contribution in [-0.2, 0) is 0 Å². The third-order valence-corrected chi connectivity index (χ3v) is 2.91. The summed E-state index contributed by atoms with van der Waals surface area (Å²) in [6, 6.07) is 4.04. The summed E-state index contributed by atoms with van der Waals surface area (Å²) in [7, 11) is 0. The Morgan fingerprint density at radius 2 is 2.38 bits per heavy atom. The molecule has 0 saturated heterocycles. The standard InChI is InChI=1S/C13H19N3/c1-3-12(10-4-5-10)16-13-8-11(9(2)14)6-7-15-13/h3,6-10H,4-5,14H2,1-2H3,(H,15,16)/b12-3-. The maximum atomic E-state index is 5.85. The van der Waals surface area contributed by atoms with Crippen LogP contribution in [0.1, 0.15) is 38.3 Å². The largest absolute Gasteiger partial charge is 0.344 e. The van der Waals surface area contributed by atoms with E-state index >= 15 is 0 Å². The lowest BCUT2D eigenvalue weighted by Crippen LogP contribution is -2.07. The van der Waals surface area contributed by atoms with Crippen LogP contribution in [0.3, 0.4) is 0 Å². The molecule has 0 spiro atoms. The topological polar surface area (TPSA) is 50.9 Å². The molecule has 0 amide bonds. The molecule has 1 atom stereocenters. The van der Waals surface area contributed by atoms with Gasteiger partial charge in [0.15, 0.2) is 0 Å². The molecule has 1 unspecified atom stereocenters. The van der Waals surface area contributed by atoms with Gasteiger partial charge in [0.05, 0.1) is 0 Å². The smallest absolute Gasteiger partial charge is 0.130 e. The Kier molecular flexibility index (Phi) is 3.25. The van der Waals surface area contributed by atoms with Crippen molar-refractivity contribution in [2.45, 2.75) is 32.7 Å². The lowest BCUT2D eigenvalue weighted by molar-refractivity contribution is 0.815. The number of pyridine rings is 1. The van der Waals surface area contributed by atoms with Crippen molar-refractivity contribution in [1.29, 1.82) is 0 Å². The number of aromatic nitrogens is 1. The molecule has 1 saturated carbocycles. The first-order chi connectivity index (χ1) is 7.70. The summed E-state index contributed by atoms with van der Waals surface area (Å²) in [5.41, 5.74) is 8.25. The molecule has 16 heavy (non-hydrogen) atoms. The Morgan fingerprint density at radius 1 is 1.62 bits per heavy atom. The molecule has 3 heteroatoms. The predicted octanol–water partition coefficient (Wildman–Crippen LogP) is 2.83. The van der Waals surface area contributed by atoms with Gasteiger partial charge in [-0.3, -0.25) is 0 Å². The van der Waals surface area contributed by atoms with E-state index in [-0.39, 0.29) is 6.04 Å². The molecule has 0 aliphatic heterocycles. The van der Waals surface area contributed by atoms with Gasteiger partial charge in [0, 0.05) is 17.9 Å². The van der Waals surface area contributed by atoms with Crippen molar-refractivity contribution in [3.8, 4) is 0 Å². The highest BCUT2D eigenvalue weighted by Crippen LogP contribution is 2.36. The molecular formula is C13H19N3. The molecule has 3 nitrogen and oxygen atoms in total. The number of anilines is 1. The molecule has 1 aliphatic carbocycles. The summed E-state index contributed by atoms with van der Waals surface area (Å²) in [5.74, 6) is 1.61. The van der Waals surface area contributed by atoms with E-state index in [2.05, 4.69) is 23.3 Å². The number of nitrogens with two attached hydrogens (primary N) is 1. The van der Waals surface area contributed by atoms with Crippen LogP contribution in [0.4, 0.5) is 5.82 Å². The molecule has 86 valence electrons. The second-order valence-electron chi connectivity index (χ2n) is 4.41. The second kappa shape index (κ2) is 4.66. The zero-order chi connectivity index (χ0) is 11.5. The number of hydrogen-bond donors (Lipinski definition) is 2.